The SMILES string of the molecule is CCCN(CCC)C(=O)C(=O)Nc1c2c(nn1-c1cccc(C)c1)CSC2. The van der Waals surface area contributed by atoms with Crippen molar-refractivity contribution in [2.45, 2.75) is 45.1 Å². The average Bonchev–Trinajstić information content (AvgIpc) is 3.23. The molecule has 0 aliphatic carbocycles. The van der Waals surface area contributed by atoms with Gasteiger partial charge in [0.25, 0.3) is 0 Å². The molecule has 1 aliphatic heterocycles. The predicted molar refractivity (Wildman–Crippen MR) is 109 cm³/mol. The summed E-state index contributed by atoms with van der Waals surface area (Å²) in [7, 11) is 0. The third-order valence-electron chi connectivity index (χ3n) is 4.50. The van der Waals surface area contributed by atoms with E-state index in [1.165, 1.54) is 0 Å². The molecule has 1 aromatic heterocycles. The molecule has 0 bridgehead atoms. The van der Waals surface area contributed by atoms with Crippen LogP contribution in [0.25, 0.3) is 5.69 Å². The Hall–Kier alpha value is -2.28. The fourth-order valence-electron chi connectivity index (χ4n) is 3.25. The largest absolute Gasteiger partial charge is 0.334 e. The van der Waals surface area contributed by atoms with Gasteiger partial charge in [0.2, 0.25) is 0 Å². The molecule has 7 heteroatoms. The first-order valence-electron chi connectivity index (χ1n) is 9.41. The topological polar surface area (TPSA) is 67.2 Å². The van der Waals surface area contributed by atoms with E-state index in [-0.39, 0.29) is 0 Å². The highest BCUT2D eigenvalue weighted by molar-refractivity contribution is 7.98. The Balaban J connectivity index is 1.90. The van der Waals surface area contributed by atoms with E-state index < -0.39 is 11.8 Å². The summed E-state index contributed by atoms with van der Waals surface area (Å²) in [5.74, 6) is 1.16. The molecule has 2 amide bonds. The van der Waals surface area contributed by atoms with E-state index in [1.807, 2.05) is 45.0 Å². The number of aromatic nitrogens is 2. The summed E-state index contributed by atoms with van der Waals surface area (Å²) in [6.45, 7) is 7.21. The first-order valence-corrected chi connectivity index (χ1v) is 10.6. The Morgan fingerprint density at radius 3 is 2.63 bits per heavy atom. The first kappa shape index (κ1) is 19.5. The van der Waals surface area contributed by atoms with Crippen molar-refractivity contribution in [1.29, 1.82) is 0 Å². The first-order chi connectivity index (χ1) is 13.0. The zero-order valence-corrected chi connectivity index (χ0v) is 16.9. The van der Waals surface area contributed by atoms with E-state index in [2.05, 4.69) is 10.4 Å². The predicted octanol–water partition coefficient (Wildman–Crippen LogP) is 3.51. The van der Waals surface area contributed by atoms with Crippen molar-refractivity contribution in [3.63, 3.8) is 0 Å². The summed E-state index contributed by atoms with van der Waals surface area (Å²) in [5.41, 5.74) is 3.99. The Labute approximate surface area is 164 Å². The van der Waals surface area contributed by atoms with E-state index >= 15 is 0 Å². The molecule has 0 atom stereocenters. The number of thioether (sulfide) groups is 1. The number of carbonyl (C=O) groups excluding carboxylic acids is 2. The lowest BCUT2D eigenvalue weighted by Gasteiger charge is -2.21. The van der Waals surface area contributed by atoms with Crippen LogP contribution >= 0.6 is 11.8 Å². The maximum absolute atomic E-state index is 12.7. The molecule has 1 aromatic carbocycles. The minimum Gasteiger partial charge on any atom is -0.334 e. The smallest absolute Gasteiger partial charge is 0.315 e. The van der Waals surface area contributed by atoms with E-state index in [0.717, 1.165) is 46.9 Å². The van der Waals surface area contributed by atoms with Gasteiger partial charge in [0.15, 0.2) is 0 Å². The minimum atomic E-state index is -0.592. The number of nitrogens with one attached hydrogen (secondary N) is 1. The van der Waals surface area contributed by atoms with Crippen molar-refractivity contribution in [2.75, 3.05) is 18.4 Å². The van der Waals surface area contributed by atoms with Crippen LogP contribution in [0.4, 0.5) is 5.82 Å². The monoisotopic (exact) mass is 386 g/mol. The number of benzene rings is 1. The normalized spacial score (nSPS) is 12.7. The molecule has 2 aromatic rings. The lowest BCUT2D eigenvalue weighted by Crippen LogP contribution is -2.41. The maximum atomic E-state index is 12.7. The van der Waals surface area contributed by atoms with Gasteiger partial charge in [-0.15, -0.1) is 0 Å². The molecule has 27 heavy (non-hydrogen) atoms. The number of carbonyl (C=O) groups is 2. The second-order valence-corrected chi connectivity index (χ2v) is 7.75. The van der Waals surface area contributed by atoms with Crippen molar-refractivity contribution in [1.82, 2.24) is 14.7 Å². The van der Waals surface area contributed by atoms with E-state index in [4.69, 9.17) is 0 Å². The molecule has 1 aliphatic rings. The van der Waals surface area contributed by atoms with Crippen molar-refractivity contribution in [3.05, 3.63) is 41.1 Å². The summed E-state index contributed by atoms with van der Waals surface area (Å²) in [6.07, 6.45) is 1.65. The summed E-state index contributed by atoms with van der Waals surface area (Å²) < 4.78 is 1.76. The van der Waals surface area contributed by atoms with Crippen molar-refractivity contribution < 1.29 is 9.59 Å². The van der Waals surface area contributed by atoms with Crippen LogP contribution in [0.3, 0.4) is 0 Å². The van der Waals surface area contributed by atoms with E-state index in [1.54, 1.807) is 21.3 Å². The van der Waals surface area contributed by atoms with Crippen LogP contribution < -0.4 is 5.32 Å². The lowest BCUT2D eigenvalue weighted by atomic mass is 10.2. The van der Waals surface area contributed by atoms with Gasteiger partial charge in [-0.05, 0) is 37.5 Å². The summed E-state index contributed by atoms with van der Waals surface area (Å²) in [6, 6.07) is 7.96. The van der Waals surface area contributed by atoms with E-state index in [0.29, 0.717) is 18.9 Å². The van der Waals surface area contributed by atoms with Crippen LogP contribution in [0.1, 0.15) is 43.5 Å². The van der Waals surface area contributed by atoms with Gasteiger partial charge in [-0.2, -0.15) is 16.9 Å². The van der Waals surface area contributed by atoms with Gasteiger partial charge in [0, 0.05) is 30.2 Å². The zero-order valence-electron chi connectivity index (χ0n) is 16.1. The summed E-state index contributed by atoms with van der Waals surface area (Å²) in [5, 5.41) is 7.55. The number of anilines is 1. The Kier molecular flexibility index (Phi) is 6.21. The van der Waals surface area contributed by atoms with Gasteiger partial charge in [0.05, 0.1) is 11.4 Å². The third-order valence-corrected chi connectivity index (χ3v) is 5.47. The fraction of sp³-hybridized carbons (Fsp3) is 0.450. The molecule has 0 saturated carbocycles. The van der Waals surface area contributed by atoms with E-state index in [9.17, 15) is 9.59 Å². The van der Waals surface area contributed by atoms with Crippen LogP contribution in [0.2, 0.25) is 0 Å². The van der Waals surface area contributed by atoms with Gasteiger partial charge < -0.3 is 10.2 Å². The molecule has 1 N–H and O–H groups in total. The quantitative estimate of drug-likeness (QED) is 0.772. The molecule has 3 rings (SSSR count). The van der Waals surface area contributed by atoms with Crippen molar-refractivity contribution in [3.8, 4) is 5.69 Å². The zero-order chi connectivity index (χ0) is 19.4. The highest BCUT2D eigenvalue weighted by Crippen LogP contribution is 2.36. The molecular formula is C20H26N4O2S. The average molecular weight is 387 g/mol. The molecule has 2 heterocycles. The van der Waals surface area contributed by atoms with Crippen LogP contribution in [-0.4, -0.2) is 39.6 Å². The summed E-state index contributed by atoms with van der Waals surface area (Å²) >= 11 is 1.77. The highest BCUT2D eigenvalue weighted by Gasteiger charge is 2.28. The van der Waals surface area contributed by atoms with Crippen LogP contribution in [0.15, 0.2) is 24.3 Å². The third kappa shape index (κ3) is 4.18. The molecule has 0 unspecified atom stereocenters. The number of fused-ring (bicyclic) bond motifs is 1. The Morgan fingerprint density at radius 2 is 1.96 bits per heavy atom. The Bertz CT molecular complexity index is 841. The van der Waals surface area contributed by atoms with Crippen molar-refractivity contribution >= 4 is 29.4 Å². The molecule has 0 fully saturated rings. The highest BCUT2D eigenvalue weighted by atomic mass is 32.2. The van der Waals surface area contributed by atoms with Crippen LogP contribution in [-0.2, 0) is 21.1 Å². The van der Waals surface area contributed by atoms with Gasteiger partial charge in [-0.25, -0.2) is 4.68 Å². The number of aryl methyl sites for hydroxylation is 1. The molecule has 0 spiro atoms. The molecule has 0 saturated heterocycles. The van der Waals surface area contributed by atoms with Gasteiger partial charge in [-0.3, -0.25) is 9.59 Å². The lowest BCUT2D eigenvalue weighted by molar-refractivity contribution is -0.143. The standard InChI is InChI=1S/C20H26N4O2S/c1-4-9-23(10-5-2)20(26)19(25)21-18-16-12-27-13-17(16)22-24(18)15-8-6-7-14(3)11-15/h6-8,11H,4-5,9-10,12-13H2,1-3H3,(H,21,25). The second-order valence-electron chi connectivity index (χ2n) is 6.76. The number of rotatable bonds is 6. The van der Waals surface area contributed by atoms with Crippen molar-refractivity contribution in [2.24, 2.45) is 0 Å². The van der Waals surface area contributed by atoms with Crippen LogP contribution in [0.5, 0.6) is 0 Å². The number of hydrogen-bond acceptors (Lipinski definition) is 4. The maximum Gasteiger partial charge on any atom is 0.315 e. The molecule has 6 nitrogen and oxygen atoms in total. The molecule has 0 radical (unpaired) electrons. The van der Waals surface area contributed by atoms with Gasteiger partial charge in [-0.1, -0.05) is 26.0 Å². The minimum absolute atomic E-state index is 0.477. The van der Waals surface area contributed by atoms with Gasteiger partial charge >= 0.3 is 11.8 Å². The fourth-order valence-corrected chi connectivity index (χ4v) is 4.28. The molecular weight excluding hydrogens is 360 g/mol. The van der Waals surface area contributed by atoms with Gasteiger partial charge in [0.1, 0.15) is 5.82 Å². The summed E-state index contributed by atoms with van der Waals surface area (Å²) in [4.78, 5) is 27.0. The number of nitrogens with zero attached hydrogens (tertiary/aromatic N) is 3. The Morgan fingerprint density at radius 1 is 1.22 bits per heavy atom. The second kappa shape index (κ2) is 8.61. The van der Waals surface area contributed by atoms with Crippen LogP contribution in [0, 0.1) is 6.92 Å². The molecule has 144 valence electrons. The number of amides is 2. The number of hydrogen-bond donors (Lipinski definition) is 1.